The van der Waals surface area contributed by atoms with Gasteiger partial charge in [0.1, 0.15) is 5.76 Å². The zero-order chi connectivity index (χ0) is 17.3. The zero-order valence-corrected chi connectivity index (χ0v) is 14.5. The maximum atomic E-state index is 12.3. The third kappa shape index (κ3) is 3.51. The topological polar surface area (TPSA) is 60.1 Å². The van der Waals surface area contributed by atoms with Crippen LogP contribution in [0.4, 0.5) is 5.69 Å². The predicted octanol–water partition coefficient (Wildman–Crippen LogP) is 4.36. The number of anilines is 1. The van der Waals surface area contributed by atoms with Crippen molar-refractivity contribution in [3.05, 3.63) is 69.9 Å². The molecule has 0 bridgehead atoms. The highest BCUT2D eigenvalue weighted by Crippen LogP contribution is 2.21. The first-order valence-corrected chi connectivity index (χ1v) is 7.97. The molecule has 0 unspecified atom stereocenters. The number of carbonyl (C=O) groups is 1. The van der Waals surface area contributed by atoms with Crippen molar-refractivity contribution in [1.82, 2.24) is 9.78 Å². The van der Waals surface area contributed by atoms with Gasteiger partial charge in [0.15, 0.2) is 5.76 Å². The van der Waals surface area contributed by atoms with Gasteiger partial charge in [-0.1, -0.05) is 11.6 Å². The third-order valence-electron chi connectivity index (χ3n) is 3.73. The molecule has 0 aliphatic carbocycles. The van der Waals surface area contributed by atoms with E-state index in [-0.39, 0.29) is 11.7 Å². The number of aromatic nitrogens is 2. The molecule has 24 heavy (non-hydrogen) atoms. The van der Waals surface area contributed by atoms with E-state index in [1.807, 2.05) is 31.5 Å². The number of benzene rings is 1. The average molecular weight is 344 g/mol. The molecule has 5 nitrogen and oxygen atoms in total. The molecule has 3 rings (SSSR count). The maximum absolute atomic E-state index is 12.3. The quantitative estimate of drug-likeness (QED) is 0.765. The van der Waals surface area contributed by atoms with Gasteiger partial charge in [0.25, 0.3) is 5.91 Å². The lowest BCUT2D eigenvalue weighted by Gasteiger charge is -2.07. The predicted molar refractivity (Wildman–Crippen MR) is 93.7 cm³/mol. The molecule has 1 aromatic carbocycles. The third-order valence-corrected chi connectivity index (χ3v) is 3.97. The Morgan fingerprint density at radius 1 is 1.21 bits per heavy atom. The highest BCUT2D eigenvalue weighted by molar-refractivity contribution is 6.30. The summed E-state index contributed by atoms with van der Waals surface area (Å²) in [4.78, 5) is 12.3. The molecular formula is C18H18ClN3O2. The molecule has 0 radical (unpaired) electrons. The normalized spacial score (nSPS) is 10.8. The minimum Gasteiger partial charge on any atom is -0.454 e. The molecule has 0 fully saturated rings. The Hall–Kier alpha value is -2.53. The Morgan fingerprint density at radius 3 is 2.67 bits per heavy atom. The van der Waals surface area contributed by atoms with Crippen LogP contribution in [-0.2, 0) is 6.54 Å². The van der Waals surface area contributed by atoms with Crippen LogP contribution in [0.25, 0.3) is 0 Å². The first-order chi connectivity index (χ1) is 11.4. The summed E-state index contributed by atoms with van der Waals surface area (Å²) in [5, 5.41) is 7.86. The van der Waals surface area contributed by atoms with Crippen molar-refractivity contribution in [3.8, 4) is 0 Å². The molecule has 0 saturated carbocycles. The molecule has 1 amide bonds. The van der Waals surface area contributed by atoms with Gasteiger partial charge < -0.3 is 9.73 Å². The SMILES string of the molecule is Cc1cc(C)n(Cc2ccc(C(=O)Nc3ccc(Cl)cc3C)o2)n1. The van der Waals surface area contributed by atoms with Crippen molar-refractivity contribution in [3.63, 3.8) is 0 Å². The van der Waals surface area contributed by atoms with Gasteiger partial charge in [0, 0.05) is 16.4 Å². The van der Waals surface area contributed by atoms with Crippen LogP contribution in [0.2, 0.25) is 5.02 Å². The Labute approximate surface area is 145 Å². The Kier molecular flexibility index (Phi) is 4.44. The molecule has 3 aromatic rings. The molecule has 0 spiro atoms. The molecular weight excluding hydrogens is 326 g/mol. The largest absolute Gasteiger partial charge is 0.454 e. The molecule has 0 saturated heterocycles. The highest BCUT2D eigenvalue weighted by Gasteiger charge is 2.13. The number of nitrogens with zero attached hydrogens (tertiary/aromatic N) is 2. The molecule has 0 aliphatic rings. The Balaban J connectivity index is 1.72. The molecule has 0 atom stereocenters. The number of amides is 1. The minimum absolute atomic E-state index is 0.265. The van der Waals surface area contributed by atoms with Gasteiger partial charge >= 0.3 is 0 Å². The Bertz CT molecular complexity index is 896. The lowest BCUT2D eigenvalue weighted by molar-refractivity contribution is 0.0994. The number of aryl methyl sites for hydroxylation is 3. The van der Waals surface area contributed by atoms with Gasteiger partial charge in [-0.2, -0.15) is 5.10 Å². The lowest BCUT2D eigenvalue weighted by Crippen LogP contribution is -2.12. The van der Waals surface area contributed by atoms with E-state index in [0.717, 1.165) is 17.0 Å². The molecule has 6 heteroatoms. The van der Waals surface area contributed by atoms with E-state index in [1.165, 1.54) is 0 Å². The van der Waals surface area contributed by atoms with Crippen molar-refractivity contribution >= 4 is 23.2 Å². The molecule has 0 aliphatic heterocycles. The fraction of sp³-hybridized carbons (Fsp3) is 0.222. The summed E-state index contributed by atoms with van der Waals surface area (Å²) in [7, 11) is 0. The van der Waals surface area contributed by atoms with Crippen LogP contribution in [0.5, 0.6) is 0 Å². The van der Waals surface area contributed by atoms with Crippen LogP contribution < -0.4 is 5.32 Å². The van der Waals surface area contributed by atoms with Crippen LogP contribution in [0.1, 0.15) is 33.3 Å². The number of rotatable bonds is 4. The fourth-order valence-electron chi connectivity index (χ4n) is 2.52. The summed E-state index contributed by atoms with van der Waals surface area (Å²) in [5.41, 5.74) is 3.60. The van der Waals surface area contributed by atoms with Gasteiger partial charge in [-0.25, -0.2) is 0 Å². The number of carbonyl (C=O) groups excluding carboxylic acids is 1. The van der Waals surface area contributed by atoms with Gasteiger partial charge in [0.05, 0.1) is 12.2 Å². The smallest absolute Gasteiger partial charge is 0.291 e. The molecule has 2 aromatic heterocycles. The lowest BCUT2D eigenvalue weighted by atomic mass is 10.2. The van der Waals surface area contributed by atoms with Crippen molar-refractivity contribution in [2.24, 2.45) is 0 Å². The van der Waals surface area contributed by atoms with Crippen LogP contribution >= 0.6 is 11.6 Å². The van der Waals surface area contributed by atoms with Crippen LogP contribution in [0, 0.1) is 20.8 Å². The number of nitrogens with one attached hydrogen (secondary N) is 1. The van der Waals surface area contributed by atoms with Crippen LogP contribution in [0.15, 0.2) is 40.8 Å². The van der Waals surface area contributed by atoms with E-state index in [4.69, 9.17) is 16.0 Å². The van der Waals surface area contributed by atoms with Gasteiger partial charge in [-0.3, -0.25) is 9.48 Å². The summed E-state index contributed by atoms with van der Waals surface area (Å²) >= 11 is 5.93. The summed E-state index contributed by atoms with van der Waals surface area (Å²) in [6, 6.07) is 10.8. The minimum atomic E-state index is -0.292. The van der Waals surface area contributed by atoms with E-state index in [2.05, 4.69) is 10.4 Å². The van der Waals surface area contributed by atoms with Crippen molar-refractivity contribution in [2.75, 3.05) is 5.32 Å². The molecule has 1 N–H and O–H groups in total. The maximum Gasteiger partial charge on any atom is 0.291 e. The number of hydrogen-bond donors (Lipinski definition) is 1. The second-order valence-electron chi connectivity index (χ2n) is 5.76. The van der Waals surface area contributed by atoms with E-state index >= 15 is 0 Å². The second-order valence-corrected chi connectivity index (χ2v) is 6.20. The summed E-state index contributed by atoms with van der Waals surface area (Å²) in [6.07, 6.45) is 0. The van der Waals surface area contributed by atoms with Crippen LogP contribution in [-0.4, -0.2) is 15.7 Å². The number of halogens is 1. The van der Waals surface area contributed by atoms with Crippen molar-refractivity contribution in [1.29, 1.82) is 0 Å². The van der Waals surface area contributed by atoms with E-state index in [1.54, 1.807) is 30.3 Å². The van der Waals surface area contributed by atoms with E-state index in [0.29, 0.717) is 23.0 Å². The monoisotopic (exact) mass is 343 g/mol. The summed E-state index contributed by atoms with van der Waals surface area (Å²) in [6.45, 7) is 6.31. The molecule has 124 valence electrons. The summed E-state index contributed by atoms with van der Waals surface area (Å²) in [5.74, 6) is 0.653. The fourth-order valence-corrected chi connectivity index (χ4v) is 2.75. The zero-order valence-electron chi connectivity index (χ0n) is 13.8. The highest BCUT2D eigenvalue weighted by atomic mass is 35.5. The first kappa shape index (κ1) is 16.3. The van der Waals surface area contributed by atoms with Gasteiger partial charge in [0.2, 0.25) is 0 Å². The average Bonchev–Trinajstić information content (AvgIpc) is 3.09. The van der Waals surface area contributed by atoms with E-state index in [9.17, 15) is 4.79 Å². The van der Waals surface area contributed by atoms with Gasteiger partial charge in [-0.15, -0.1) is 0 Å². The standard InChI is InChI=1S/C18H18ClN3O2/c1-11-8-14(19)4-6-16(11)20-18(23)17-7-5-15(24-17)10-22-13(3)9-12(2)21-22/h4-9H,10H2,1-3H3,(H,20,23). The molecule has 2 heterocycles. The van der Waals surface area contributed by atoms with Crippen molar-refractivity contribution in [2.45, 2.75) is 27.3 Å². The van der Waals surface area contributed by atoms with Gasteiger partial charge in [-0.05, 0) is 62.7 Å². The van der Waals surface area contributed by atoms with Crippen molar-refractivity contribution < 1.29 is 9.21 Å². The summed E-state index contributed by atoms with van der Waals surface area (Å²) < 4.78 is 7.50. The Morgan fingerprint density at radius 2 is 2.00 bits per heavy atom. The second kappa shape index (κ2) is 6.53. The van der Waals surface area contributed by atoms with E-state index < -0.39 is 0 Å². The van der Waals surface area contributed by atoms with Crippen LogP contribution in [0.3, 0.4) is 0 Å². The number of furan rings is 1. The number of hydrogen-bond acceptors (Lipinski definition) is 3. The first-order valence-electron chi connectivity index (χ1n) is 7.59.